The lowest BCUT2D eigenvalue weighted by Crippen LogP contribution is -2.15. The molecule has 0 bridgehead atoms. The topological polar surface area (TPSA) is 69.0 Å². The minimum Gasteiger partial charge on any atom is -0.483 e. The number of anilines is 1. The van der Waals surface area contributed by atoms with Gasteiger partial charge in [-0.3, -0.25) is 4.79 Å². The van der Waals surface area contributed by atoms with Gasteiger partial charge in [-0.25, -0.2) is 0 Å². The standard InChI is InChI=1S/C21H21Cl3N4O2S/c1-11-8-14(9-12(2)18(11)24)30-13(3)20-26-27-21(28(20)4)31-10-17(29)25-19-15(22)6-5-7-16(19)23/h5-9,13H,10H2,1-4H3,(H,25,29). The van der Waals surface area contributed by atoms with Gasteiger partial charge >= 0.3 is 0 Å². The van der Waals surface area contributed by atoms with Crippen molar-refractivity contribution in [2.45, 2.75) is 32.0 Å². The molecule has 6 nitrogen and oxygen atoms in total. The van der Waals surface area contributed by atoms with Crippen molar-refractivity contribution in [1.29, 1.82) is 0 Å². The maximum atomic E-state index is 12.3. The van der Waals surface area contributed by atoms with Crippen LogP contribution in [0.4, 0.5) is 5.69 Å². The van der Waals surface area contributed by atoms with E-state index in [0.29, 0.717) is 32.5 Å². The predicted molar refractivity (Wildman–Crippen MR) is 127 cm³/mol. The number of aromatic nitrogens is 3. The van der Waals surface area contributed by atoms with Crippen LogP contribution in [0.3, 0.4) is 0 Å². The number of carbonyl (C=O) groups is 1. The first-order chi connectivity index (χ1) is 14.7. The molecule has 3 rings (SSSR count). The molecule has 164 valence electrons. The van der Waals surface area contributed by atoms with E-state index in [0.717, 1.165) is 16.1 Å². The van der Waals surface area contributed by atoms with Crippen molar-refractivity contribution in [3.8, 4) is 5.75 Å². The molecule has 1 heterocycles. The Morgan fingerprint density at radius 1 is 1.16 bits per heavy atom. The van der Waals surface area contributed by atoms with Gasteiger partial charge in [0, 0.05) is 12.1 Å². The molecule has 0 radical (unpaired) electrons. The molecule has 0 saturated heterocycles. The van der Waals surface area contributed by atoms with Crippen LogP contribution in [0, 0.1) is 13.8 Å². The zero-order valence-electron chi connectivity index (χ0n) is 17.4. The number of nitrogens with zero attached hydrogens (tertiary/aromatic N) is 3. The maximum Gasteiger partial charge on any atom is 0.234 e. The summed E-state index contributed by atoms with van der Waals surface area (Å²) in [5, 5.41) is 13.2. The van der Waals surface area contributed by atoms with Crippen LogP contribution in [0.2, 0.25) is 15.1 Å². The maximum absolute atomic E-state index is 12.3. The van der Waals surface area contributed by atoms with Crippen LogP contribution >= 0.6 is 46.6 Å². The minimum atomic E-state index is -0.345. The van der Waals surface area contributed by atoms with Gasteiger partial charge in [0.2, 0.25) is 5.91 Å². The first kappa shape index (κ1) is 23.7. The Bertz CT molecular complexity index is 1080. The van der Waals surface area contributed by atoms with Crippen molar-refractivity contribution in [1.82, 2.24) is 14.8 Å². The van der Waals surface area contributed by atoms with Crippen molar-refractivity contribution in [2.75, 3.05) is 11.1 Å². The monoisotopic (exact) mass is 498 g/mol. The number of halogens is 3. The number of thioether (sulfide) groups is 1. The second-order valence-corrected chi connectivity index (χ2v) is 9.10. The van der Waals surface area contributed by atoms with Crippen LogP contribution in [-0.4, -0.2) is 26.4 Å². The molecule has 0 spiro atoms. The van der Waals surface area contributed by atoms with Crippen LogP contribution < -0.4 is 10.1 Å². The average molecular weight is 500 g/mol. The SMILES string of the molecule is Cc1cc(OC(C)c2nnc(SCC(=O)Nc3c(Cl)cccc3Cl)n2C)cc(C)c1Cl. The average Bonchev–Trinajstić information content (AvgIpc) is 3.08. The summed E-state index contributed by atoms with van der Waals surface area (Å²) in [5.74, 6) is 1.22. The number of para-hydroxylation sites is 1. The van der Waals surface area contributed by atoms with Gasteiger partial charge in [-0.1, -0.05) is 52.6 Å². The summed E-state index contributed by atoms with van der Waals surface area (Å²) >= 11 is 19.7. The lowest BCUT2D eigenvalue weighted by Gasteiger charge is -2.16. The van der Waals surface area contributed by atoms with Crippen LogP contribution in [0.5, 0.6) is 5.75 Å². The third-order valence-corrected chi connectivity index (χ3v) is 6.76. The van der Waals surface area contributed by atoms with Crippen molar-refractivity contribution in [3.63, 3.8) is 0 Å². The highest BCUT2D eigenvalue weighted by atomic mass is 35.5. The molecule has 0 aliphatic heterocycles. The van der Waals surface area contributed by atoms with Crippen molar-refractivity contribution >= 4 is 58.2 Å². The Kier molecular flexibility index (Phi) is 7.75. The molecule has 10 heteroatoms. The fourth-order valence-electron chi connectivity index (χ4n) is 2.96. The van der Waals surface area contributed by atoms with E-state index in [-0.39, 0.29) is 17.8 Å². The first-order valence-corrected chi connectivity index (χ1v) is 11.5. The van der Waals surface area contributed by atoms with Crippen molar-refractivity contribution in [3.05, 3.63) is 62.4 Å². The van der Waals surface area contributed by atoms with Crippen LogP contribution in [0.1, 0.15) is 30.0 Å². The van der Waals surface area contributed by atoms with E-state index in [9.17, 15) is 4.79 Å². The van der Waals surface area contributed by atoms with Gasteiger partial charge in [0.05, 0.1) is 21.5 Å². The fraction of sp³-hybridized carbons (Fsp3) is 0.286. The van der Waals surface area contributed by atoms with Gasteiger partial charge in [0.25, 0.3) is 0 Å². The van der Waals surface area contributed by atoms with E-state index in [2.05, 4.69) is 15.5 Å². The van der Waals surface area contributed by atoms with E-state index in [1.165, 1.54) is 11.8 Å². The second kappa shape index (κ2) is 10.1. The molecule has 1 aromatic heterocycles. The zero-order chi connectivity index (χ0) is 22.7. The van der Waals surface area contributed by atoms with Crippen LogP contribution in [-0.2, 0) is 11.8 Å². The third kappa shape index (κ3) is 5.66. The minimum absolute atomic E-state index is 0.123. The van der Waals surface area contributed by atoms with E-state index in [4.69, 9.17) is 39.5 Å². The summed E-state index contributed by atoms with van der Waals surface area (Å²) < 4.78 is 7.85. The Morgan fingerprint density at radius 2 is 1.77 bits per heavy atom. The van der Waals surface area contributed by atoms with Crippen LogP contribution in [0.25, 0.3) is 0 Å². The number of amides is 1. The molecule has 1 N–H and O–H groups in total. The molecule has 1 unspecified atom stereocenters. The summed E-state index contributed by atoms with van der Waals surface area (Å²) in [4.78, 5) is 12.3. The number of ether oxygens (including phenoxy) is 1. The van der Waals surface area contributed by atoms with Crippen molar-refractivity contribution < 1.29 is 9.53 Å². The molecular formula is C21H21Cl3N4O2S. The summed E-state index contributed by atoms with van der Waals surface area (Å²) in [7, 11) is 1.83. The Hall–Kier alpha value is -1.93. The van der Waals surface area contributed by atoms with E-state index >= 15 is 0 Å². The number of hydrogen-bond acceptors (Lipinski definition) is 5. The Balaban J connectivity index is 1.64. The van der Waals surface area contributed by atoms with Gasteiger partial charge in [0.1, 0.15) is 5.75 Å². The molecule has 0 aliphatic rings. The van der Waals surface area contributed by atoms with E-state index in [1.807, 2.05) is 40.0 Å². The van der Waals surface area contributed by atoms with Gasteiger partial charge in [-0.15, -0.1) is 10.2 Å². The first-order valence-electron chi connectivity index (χ1n) is 9.36. The normalized spacial score (nSPS) is 12.0. The van der Waals surface area contributed by atoms with E-state index < -0.39 is 0 Å². The summed E-state index contributed by atoms with van der Waals surface area (Å²) in [5.41, 5.74) is 2.29. The molecule has 1 atom stereocenters. The largest absolute Gasteiger partial charge is 0.483 e. The lowest BCUT2D eigenvalue weighted by molar-refractivity contribution is -0.113. The highest BCUT2D eigenvalue weighted by Crippen LogP contribution is 2.31. The third-order valence-electron chi connectivity index (χ3n) is 4.51. The molecular weight excluding hydrogens is 479 g/mol. The van der Waals surface area contributed by atoms with E-state index in [1.54, 1.807) is 22.8 Å². The summed E-state index contributed by atoms with van der Waals surface area (Å²) in [6, 6.07) is 8.82. The van der Waals surface area contributed by atoms with Gasteiger partial charge in [-0.2, -0.15) is 0 Å². The highest BCUT2D eigenvalue weighted by molar-refractivity contribution is 7.99. The predicted octanol–water partition coefficient (Wildman–Crippen LogP) is 6.26. The molecule has 31 heavy (non-hydrogen) atoms. The quantitative estimate of drug-likeness (QED) is 0.388. The summed E-state index contributed by atoms with van der Waals surface area (Å²) in [6.45, 7) is 5.76. The van der Waals surface area contributed by atoms with Gasteiger partial charge in [0.15, 0.2) is 17.1 Å². The Labute approximate surface area is 200 Å². The molecule has 3 aromatic rings. The number of rotatable bonds is 7. The highest BCUT2D eigenvalue weighted by Gasteiger charge is 2.19. The molecule has 2 aromatic carbocycles. The number of hydrogen-bond donors (Lipinski definition) is 1. The molecule has 0 saturated carbocycles. The Morgan fingerprint density at radius 3 is 2.39 bits per heavy atom. The number of nitrogens with one attached hydrogen (secondary N) is 1. The number of carbonyl (C=O) groups excluding carboxylic acids is 1. The van der Waals surface area contributed by atoms with Gasteiger partial charge < -0.3 is 14.6 Å². The molecule has 1 amide bonds. The number of aryl methyl sites for hydroxylation is 2. The zero-order valence-corrected chi connectivity index (χ0v) is 20.5. The fourth-order valence-corrected chi connectivity index (χ4v) is 4.28. The van der Waals surface area contributed by atoms with Crippen LogP contribution in [0.15, 0.2) is 35.5 Å². The van der Waals surface area contributed by atoms with Gasteiger partial charge in [-0.05, 0) is 56.2 Å². The molecule has 0 aliphatic carbocycles. The second-order valence-electron chi connectivity index (χ2n) is 6.96. The summed E-state index contributed by atoms with van der Waals surface area (Å²) in [6.07, 6.45) is -0.345. The smallest absolute Gasteiger partial charge is 0.234 e. The molecule has 0 fully saturated rings. The number of benzene rings is 2. The van der Waals surface area contributed by atoms with Crippen molar-refractivity contribution in [2.24, 2.45) is 7.05 Å². The lowest BCUT2D eigenvalue weighted by atomic mass is 10.1.